The Kier molecular flexibility index (Phi) is 4.19. The number of nitrogens with two attached hydrogens (primary N) is 1. The van der Waals surface area contributed by atoms with Gasteiger partial charge in [0.15, 0.2) is 0 Å². The molecule has 2 rings (SSSR count). The SMILES string of the molecule is CCc1cnc(CNc2ccc(F)c(N)c2C(=O)O)s1. The molecule has 1 aromatic carbocycles. The number of nitrogens with one attached hydrogen (secondary N) is 1. The summed E-state index contributed by atoms with van der Waals surface area (Å²) in [5.74, 6) is -2.01. The van der Waals surface area contributed by atoms with Gasteiger partial charge in [0, 0.05) is 11.1 Å². The van der Waals surface area contributed by atoms with E-state index in [1.165, 1.54) is 6.07 Å². The second-order valence-electron chi connectivity index (χ2n) is 4.12. The van der Waals surface area contributed by atoms with Crippen LogP contribution in [0.15, 0.2) is 18.3 Å². The maximum Gasteiger partial charge on any atom is 0.340 e. The molecule has 0 amide bonds. The van der Waals surface area contributed by atoms with Crippen molar-refractivity contribution in [3.63, 3.8) is 0 Å². The van der Waals surface area contributed by atoms with Gasteiger partial charge in [-0.25, -0.2) is 14.2 Å². The number of aromatic carboxylic acids is 1. The summed E-state index contributed by atoms with van der Waals surface area (Å²) in [5.41, 5.74) is 5.13. The van der Waals surface area contributed by atoms with Crippen LogP contribution in [0.2, 0.25) is 0 Å². The van der Waals surface area contributed by atoms with Crippen molar-refractivity contribution in [1.29, 1.82) is 0 Å². The van der Waals surface area contributed by atoms with E-state index in [0.717, 1.165) is 22.4 Å². The Morgan fingerprint density at radius 3 is 2.90 bits per heavy atom. The number of hydrogen-bond acceptors (Lipinski definition) is 5. The molecular weight excluding hydrogens is 281 g/mol. The molecule has 7 heteroatoms. The Morgan fingerprint density at radius 1 is 1.55 bits per heavy atom. The van der Waals surface area contributed by atoms with Gasteiger partial charge < -0.3 is 16.2 Å². The van der Waals surface area contributed by atoms with Gasteiger partial charge in [-0.05, 0) is 18.6 Å². The highest BCUT2D eigenvalue weighted by Crippen LogP contribution is 2.26. The first kappa shape index (κ1) is 14.3. The molecule has 0 bridgehead atoms. The zero-order chi connectivity index (χ0) is 14.7. The molecule has 2 aromatic rings. The minimum absolute atomic E-state index is 0.253. The number of aromatic nitrogens is 1. The average Bonchev–Trinajstić information content (AvgIpc) is 2.87. The van der Waals surface area contributed by atoms with Crippen molar-refractivity contribution in [3.8, 4) is 0 Å². The monoisotopic (exact) mass is 295 g/mol. The van der Waals surface area contributed by atoms with Gasteiger partial charge >= 0.3 is 5.97 Å². The quantitative estimate of drug-likeness (QED) is 0.738. The number of nitrogens with zero attached hydrogens (tertiary/aromatic N) is 1. The maximum absolute atomic E-state index is 13.3. The zero-order valence-corrected chi connectivity index (χ0v) is 11.6. The molecule has 0 aliphatic heterocycles. The van der Waals surface area contributed by atoms with Crippen molar-refractivity contribution in [1.82, 2.24) is 4.98 Å². The largest absolute Gasteiger partial charge is 0.478 e. The van der Waals surface area contributed by atoms with E-state index in [1.54, 1.807) is 17.5 Å². The lowest BCUT2D eigenvalue weighted by Crippen LogP contribution is -2.10. The van der Waals surface area contributed by atoms with E-state index >= 15 is 0 Å². The summed E-state index contributed by atoms with van der Waals surface area (Å²) in [4.78, 5) is 16.5. The van der Waals surface area contributed by atoms with Gasteiger partial charge in [0.1, 0.15) is 16.4 Å². The molecule has 20 heavy (non-hydrogen) atoms. The lowest BCUT2D eigenvalue weighted by atomic mass is 10.1. The maximum atomic E-state index is 13.3. The average molecular weight is 295 g/mol. The summed E-state index contributed by atoms with van der Waals surface area (Å²) in [5, 5.41) is 12.9. The molecule has 0 unspecified atom stereocenters. The second-order valence-corrected chi connectivity index (χ2v) is 5.32. The molecule has 0 spiro atoms. The van der Waals surface area contributed by atoms with Crippen LogP contribution in [-0.4, -0.2) is 16.1 Å². The standard InChI is InChI=1S/C13H14FN3O2S/c1-2-7-5-17-10(20-7)6-16-9-4-3-8(14)12(15)11(9)13(18)19/h3-5,16H,2,6,15H2,1H3,(H,18,19). The van der Waals surface area contributed by atoms with E-state index in [-0.39, 0.29) is 16.9 Å². The molecule has 0 radical (unpaired) electrons. The number of benzene rings is 1. The number of halogens is 1. The summed E-state index contributed by atoms with van der Waals surface area (Å²) in [6.07, 6.45) is 2.69. The predicted octanol–water partition coefficient (Wildman–Crippen LogP) is 2.74. The molecule has 1 aromatic heterocycles. The third-order valence-corrected chi connectivity index (χ3v) is 3.93. The predicted molar refractivity (Wildman–Crippen MR) is 76.6 cm³/mol. The number of carboxylic acids is 1. The number of anilines is 2. The van der Waals surface area contributed by atoms with Crippen LogP contribution in [0, 0.1) is 5.82 Å². The molecule has 0 aliphatic rings. The first-order valence-corrected chi connectivity index (χ1v) is 6.83. The summed E-state index contributed by atoms with van der Waals surface area (Å²) in [6.45, 7) is 2.41. The normalized spacial score (nSPS) is 10.5. The van der Waals surface area contributed by atoms with Crippen molar-refractivity contribution in [2.24, 2.45) is 0 Å². The van der Waals surface area contributed by atoms with Crippen LogP contribution in [0.4, 0.5) is 15.8 Å². The molecule has 0 aliphatic carbocycles. The fraction of sp³-hybridized carbons (Fsp3) is 0.231. The summed E-state index contributed by atoms with van der Waals surface area (Å²) < 4.78 is 13.3. The van der Waals surface area contributed by atoms with Crippen molar-refractivity contribution in [2.45, 2.75) is 19.9 Å². The first-order chi connectivity index (χ1) is 9.52. The fourth-order valence-corrected chi connectivity index (χ4v) is 2.54. The van der Waals surface area contributed by atoms with Gasteiger partial charge in [0.2, 0.25) is 0 Å². The minimum Gasteiger partial charge on any atom is -0.478 e. The summed E-state index contributed by atoms with van der Waals surface area (Å²) in [7, 11) is 0. The minimum atomic E-state index is -1.27. The molecule has 0 atom stereocenters. The van der Waals surface area contributed by atoms with Crippen LogP contribution >= 0.6 is 11.3 Å². The van der Waals surface area contributed by atoms with Crippen molar-refractivity contribution >= 4 is 28.7 Å². The Bertz CT molecular complexity index is 643. The number of aryl methyl sites for hydroxylation is 1. The third-order valence-electron chi connectivity index (χ3n) is 2.79. The zero-order valence-electron chi connectivity index (χ0n) is 10.8. The van der Waals surface area contributed by atoms with Gasteiger partial charge in [-0.3, -0.25) is 0 Å². The van der Waals surface area contributed by atoms with E-state index in [9.17, 15) is 9.18 Å². The Labute approximate surface area is 119 Å². The van der Waals surface area contributed by atoms with Crippen LogP contribution < -0.4 is 11.1 Å². The van der Waals surface area contributed by atoms with Crippen molar-refractivity contribution < 1.29 is 14.3 Å². The molecule has 0 saturated carbocycles. The smallest absolute Gasteiger partial charge is 0.340 e. The van der Waals surface area contributed by atoms with Gasteiger partial charge in [0.25, 0.3) is 0 Å². The fourth-order valence-electron chi connectivity index (χ4n) is 1.74. The van der Waals surface area contributed by atoms with Crippen LogP contribution in [0.1, 0.15) is 27.2 Å². The third kappa shape index (κ3) is 2.88. The van der Waals surface area contributed by atoms with Crippen LogP contribution in [0.25, 0.3) is 0 Å². The van der Waals surface area contributed by atoms with E-state index in [4.69, 9.17) is 10.8 Å². The molecule has 1 heterocycles. The van der Waals surface area contributed by atoms with Gasteiger partial charge in [0.05, 0.1) is 17.9 Å². The van der Waals surface area contributed by atoms with Crippen molar-refractivity contribution in [2.75, 3.05) is 11.1 Å². The highest BCUT2D eigenvalue weighted by Gasteiger charge is 2.17. The molecule has 0 fully saturated rings. The van der Waals surface area contributed by atoms with Gasteiger partial charge in [-0.1, -0.05) is 6.92 Å². The number of thiazole rings is 1. The number of hydrogen-bond donors (Lipinski definition) is 3. The van der Waals surface area contributed by atoms with Gasteiger partial charge in [-0.15, -0.1) is 11.3 Å². The summed E-state index contributed by atoms with van der Waals surface area (Å²) in [6, 6.07) is 2.51. The highest BCUT2D eigenvalue weighted by molar-refractivity contribution is 7.11. The van der Waals surface area contributed by atoms with Crippen LogP contribution in [-0.2, 0) is 13.0 Å². The number of rotatable bonds is 5. The topological polar surface area (TPSA) is 88.2 Å². The number of carbonyl (C=O) groups is 1. The van der Waals surface area contributed by atoms with Gasteiger partial charge in [-0.2, -0.15) is 0 Å². The van der Waals surface area contributed by atoms with E-state index in [1.807, 2.05) is 6.92 Å². The first-order valence-electron chi connectivity index (χ1n) is 6.01. The Balaban J connectivity index is 2.21. The molecule has 106 valence electrons. The Morgan fingerprint density at radius 2 is 2.30 bits per heavy atom. The van der Waals surface area contributed by atoms with Crippen LogP contribution in [0.5, 0.6) is 0 Å². The number of nitrogen functional groups attached to an aromatic ring is 1. The summed E-state index contributed by atoms with van der Waals surface area (Å²) >= 11 is 1.55. The van der Waals surface area contributed by atoms with E-state index in [0.29, 0.717) is 6.54 Å². The number of carboxylic acid groups (broad SMARTS) is 1. The molecule has 5 nitrogen and oxygen atoms in total. The highest BCUT2D eigenvalue weighted by atomic mass is 32.1. The van der Waals surface area contributed by atoms with E-state index < -0.39 is 11.8 Å². The van der Waals surface area contributed by atoms with E-state index in [2.05, 4.69) is 10.3 Å². The lowest BCUT2D eigenvalue weighted by molar-refractivity contribution is 0.0698. The second kappa shape index (κ2) is 5.87. The molecule has 0 saturated heterocycles. The molecular formula is C13H14FN3O2S. The molecule has 4 N–H and O–H groups in total. The van der Waals surface area contributed by atoms with Crippen LogP contribution in [0.3, 0.4) is 0 Å². The van der Waals surface area contributed by atoms with Crippen molar-refractivity contribution in [3.05, 3.63) is 39.6 Å². The Hall–Kier alpha value is -2.15. The lowest BCUT2D eigenvalue weighted by Gasteiger charge is -2.11.